The van der Waals surface area contributed by atoms with Crippen LogP contribution in [0.4, 0.5) is 5.69 Å². The third-order valence-corrected chi connectivity index (χ3v) is 7.21. The van der Waals surface area contributed by atoms with Crippen molar-refractivity contribution in [3.63, 3.8) is 0 Å². The van der Waals surface area contributed by atoms with Gasteiger partial charge in [-0.15, -0.1) is 11.3 Å². The first-order valence-electron chi connectivity index (χ1n) is 10.7. The summed E-state index contributed by atoms with van der Waals surface area (Å²) in [5.74, 6) is -0.317. The first kappa shape index (κ1) is 20.5. The Morgan fingerprint density at radius 2 is 1.88 bits per heavy atom. The number of hydrogen-bond acceptors (Lipinski definition) is 3. The Balaban J connectivity index is 1.60. The molecule has 32 heavy (non-hydrogen) atoms. The summed E-state index contributed by atoms with van der Waals surface area (Å²) in [4.78, 5) is 30.3. The zero-order valence-corrected chi connectivity index (χ0v) is 19.2. The van der Waals surface area contributed by atoms with Crippen LogP contribution in [-0.2, 0) is 17.9 Å². The summed E-state index contributed by atoms with van der Waals surface area (Å²) in [6.45, 7) is 6.69. The van der Waals surface area contributed by atoms with Crippen LogP contribution in [0.5, 0.6) is 0 Å². The molecule has 0 aliphatic carbocycles. The smallest absolute Gasteiger partial charge is 0.275 e. The second-order valence-electron chi connectivity index (χ2n) is 8.67. The Morgan fingerprint density at radius 1 is 1.09 bits per heavy atom. The molecule has 162 valence electrons. The number of thiophene rings is 1. The maximum atomic E-state index is 13.8. The second-order valence-corrected chi connectivity index (χ2v) is 9.56. The van der Waals surface area contributed by atoms with Crippen LogP contribution in [0.2, 0.25) is 0 Å². The molecule has 0 fully saturated rings. The lowest BCUT2D eigenvalue weighted by molar-refractivity contribution is -0.126. The molecule has 0 unspecified atom stereocenters. The summed E-state index contributed by atoms with van der Waals surface area (Å²) >= 11 is 1.60. The summed E-state index contributed by atoms with van der Waals surface area (Å²) in [6, 6.07) is 19.8. The van der Waals surface area contributed by atoms with Gasteiger partial charge in [-0.3, -0.25) is 14.5 Å². The molecule has 0 saturated carbocycles. The topological polar surface area (TPSA) is 54.3 Å². The van der Waals surface area contributed by atoms with Crippen molar-refractivity contribution in [2.45, 2.75) is 39.4 Å². The SMILES string of the molecule is Cc1ccc(N2C(=O)c3cc4ccsc4n3C[C@]2(C)C(=O)NCc2ccccc2)c(C)c1. The van der Waals surface area contributed by atoms with Gasteiger partial charge >= 0.3 is 0 Å². The lowest BCUT2D eigenvalue weighted by Crippen LogP contribution is -2.64. The Bertz CT molecular complexity index is 1340. The summed E-state index contributed by atoms with van der Waals surface area (Å²) in [5.41, 5.74) is 3.44. The molecule has 2 amide bonds. The molecule has 5 rings (SSSR count). The number of fused-ring (bicyclic) bond motifs is 3. The maximum absolute atomic E-state index is 13.8. The fourth-order valence-electron chi connectivity index (χ4n) is 4.60. The molecule has 6 heteroatoms. The van der Waals surface area contributed by atoms with E-state index in [0.29, 0.717) is 18.8 Å². The van der Waals surface area contributed by atoms with Gasteiger partial charge in [0.15, 0.2) is 0 Å². The number of aromatic nitrogens is 1. The first-order valence-corrected chi connectivity index (χ1v) is 11.6. The van der Waals surface area contributed by atoms with Gasteiger partial charge in [0.2, 0.25) is 5.91 Å². The molecule has 1 aliphatic heterocycles. The van der Waals surface area contributed by atoms with Gasteiger partial charge in [-0.1, -0.05) is 48.0 Å². The summed E-state index contributed by atoms with van der Waals surface area (Å²) < 4.78 is 2.00. The van der Waals surface area contributed by atoms with E-state index < -0.39 is 5.54 Å². The van der Waals surface area contributed by atoms with Crippen molar-refractivity contribution >= 4 is 39.1 Å². The fourth-order valence-corrected chi connectivity index (χ4v) is 5.50. The van der Waals surface area contributed by atoms with E-state index >= 15 is 0 Å². The third kappa shape index (κ3) is 3.22. The highest BCUT2D eigenvalue weighted by atomic mass is 32.1. The zero-order valence-electron chi connectivity index (χ0n) is 18.4. The first-order chi connectivity index (χ1) is 15.4. The van der Waals surface area contributed by atoms with Crippen molar-refractivity contribution in [1.29, 1.82) is 0 Å². The van der Waals surface area contributed by atoms with Gasteiger partial charge in [-0.05, 0) is 55.5 Å². The molecule has 1 N–H and O–H groups in total. The number of rotatable bonds is 4. The number of benzene rings is 2. The fraction of sp³-hybridized carbons (Fsp3) is 0.231. The molecule has 1 aliphatic rings. The zero-order chi connectivity index (χ0) is 22.5. The van der Waals surface area contributed by atoms with Crippen molar-refractivity contribution < 1.29 is 9.59 Å². The van der Waals surface area contributed by atoms with Crippen LogP contribution in [0.3, 0.4) is 0 Å². The normalized spacial score (nSPS) is 18.1. The number of nitrogens with zero attached hydrogens (tertiary/aromatic N) is 2. The van der Waals surface area contributed by atoms with Gasteiger partial charge in [0, 0.05) is 17.6 Å². The third-order valence-electron chi connectivity index (χ3n) is 6.26. The molecule has 1 atom stereocenters. The molecule has 4 aromatic rings. The molecule has 0 radical (unpaired) electrons. The molecular weight excluding hydrogens is 418 g/mol. The van der Waals surface area contributed by atoms with Crippen LogP contribution in [0.1, 0.15) is 34.1 Å². The van der Waals surface area contributed by atoms with Crippen molar-refractivity contribution in [1.82, 2.24) is 9.88 Å². The van der Waals surface area contributed by atoms with E-state index in [1.807, 2.05) is 85.3 Å². The highest BCUT2D eigenvalue weighted by molar-refractivity contribution is 7.16. The van der Waals surface area contributed by atoms with Crippen LogP contribution >= 0.6 is 11.3 Å². The number of amides is 2. The molecule has 3 heterocycles. The van der Waals surface area contributed by atoms with Gasteiger partial charge in [-0.25, -0.2) is 0 Å². The quantitative estimate of drug-likeness (QED) is 0.480. The highest BCUT2D eigenvalue weighted by Gasteiger charge is 2.49. The van der Waals surface area contributed by atoms with Gasteiger partial charge in [0.05, 0.1) is 6.54 Å². The molecular formula is C26H25N3O2S. The van der Waals surface area contributed by atoms with Crippen LogP contribution in [0, 0.1) is 13.8 Å². The van der Waals surface area contributed by atoms with Crippen molar-refractivity contribution in [3.8, 4) is 0 Å². The molecule has 2 aromatic heterocycles. The lowest BCUT2D eigenvalue weighted by Gasteiger charge is -2.44. The highest BCUT2D eigenvalue weighted by Crippen LogP contribution is 2.38. The average molecular weight is 444 g/mol. The van der Waals surface area contributed by atoms with Gasteiger partial charge in [0.25, 0.3) is 5.91 Å². The van der Waals surface area contributed by atoms with Crippen molar-refractivity contribution in [3.05, 3.63) is 88.4 Å². The lowest BCUT2D eigenvalue weighted by atomic mass is 9.92. The van der Waals surface area contributed by atoms with Crippen LogP contribution in [0.15, 0.2) is 66.0 Å². The minimum Gasteiger partial charge on any atom is -0.350 e. The Hall–Kier alpha value is -3.38. The second kappa shape index (κ2) is 7.64. The van der Waals surface area contributed by atoms with E-state index in [1.54, 1.807) is 16.2 Å². The van der Waals surface area contributed by atoms with E-state index in [2.05, 4.69) is 11.4 Å². The Morgan fingerprint density at radius 3 is 2.62 bits per heavy atom. The number of nitrogens with one attached hydrogen (secondary N) is 1. The number of anilines is 1. The average Bonchev–Trinajstić information content (AvgIpc) is 3.37. The van der Waals surface area contributed by atoms with Crippen LogP contribution in [0.25, 0.3) is 10.2 Å². The molecule has 0 saturated heterocycles. The van der Waals surface area contributed by atoms with Gasteiger partial charge in [0.1, 0.15) is 16.1 Å². The summed E-state index contributed by atoms with van der Waals surface area (Å²) in [7, 11) is 0. The monoisotopic (exact) mass is 443 g/mol. The Kier molecular flexibility index (Phi) is 4.90. The van der Waals surface area contributed by atoms with Crippen molar-refractivity contribution in [2.24, 2.45) is 0 Å². The molecule has 2 aromatic carbocycles. The Labute approximate surface area is 191 Å². The predicted octanol–water partition coefficient (Wildman–Crippen LogP) is 5.06. The number of carbonyl (C=O) groups is 2. The summed E-state index contributed by atoms with van der Waals surface area (Å²) in [6.07, 6.45) is 0. The minimum absolute atomic E-state index is 0.149. The maximum Gasteiger partial charge on any atom is 0.275 e. The van der Waals surface area contributed by atoms with Crippen molar-refractivity contribution in [2.75, 3.05) is 4.90 Å². The van der Waals surface area contributed by atoms with E-state index in [1.165, 1.54) is 0 Å². The number of aryl methyl sites for hydroxylation is 2. The number of hydrogen-bond donors (Lipinski definition) is 1. The van der Waals surface area contributed by atoms with E-state index in [4.69, 9.17) is 0 Å². The molecule has 5 nitrogen and oxygen atoms in total. The predicted molar refractivity (Wildman–Crippen MR) is 129 cm³/mol. The summed E-state index contributed by atoms with van der Waals surface area (Å²) in [5, 5.41) is 6.14. The molecule has 0 spiro atoms. The largest absolute Gasteiger partial charge is 0.350 e. The van der Waals surface area contributed by atoms with E-state index in [0.717, 1.165) is 32.6 Å². The minimum atomic E-state index is -1.07. The van der Waals surface area contributed by atoms with Gasteiger partial charge < -0.3 is 9.88 Å². The van der Waals surface area contributed by atoms with Crippen LogP contribution < -0.4 is 10.2 Å². The van der Waals surface area contributed by atoms with E-state index in [-0.39, 0.29) is 11.8 Å². The molecule has 0 bridgehead atoms. The van der Waals surface area contributed by atoms with E-state index in [9.17, 15) is 9.59 Å². The number of carbonyl (C=O) groups excluding carboxylic acids is 2. The van der Waals surface area contributed by atoms with Gasteiger partial charge in [-0.2, -0.15) is 0 Å². The standard InChI is InChI=1S/C26H25N3O2S/c1-17-9-10-21(18(2)13-17)29-23(30)22-14-20-11-12-32-24(20)28(22)16-26(29,3)25(31)27-15-19-7-5-4-6-8-19/h4-14H,15-16H2,1-3H3,(H,27,31)/t26-/m1/s1. The van der Waals surface area contributed by atoms with Crippen LogP contribution in [-0.4, -0.2) is 21.9 Å².